The van der Waals surface area contributed by atoms with Gasteiger partial charge >= 0.3 is 5.69 Å². The number of aliphatic hydroxyl groups excluding tert-OH is 1. The Kier molecular flexibility index (Phi) is 3.72. The molecule has 0 fully saturated rings. The molecule has 1 heterocycles. The topological polar surface area (TPSA) is 93.2 Å². The molecule has 0 aromatic carbocycles. The van der Waals surface area contributed by atoms with E-state index in [0.717, 1.165) is 0 Å². The molecule has 0 amide bonds. The van der Waals surface area contributed by atoms with Crippen LogP contribution in [0.4, 0.5) is 11.5 Å². The van der Waals surface area contributed by atoms with Crippen molar-refractivity contribution in [1.82, 2.24) is 9.78 Å². The fraction of sp³-hybridized carbons (Fsp3) is 0.700. The van der Waals surface area contributed by atoms with Crippen molar-refractivity contribution in [1.29, 1.82) is 0 Å². The number of hydrogen-bond acceptors (Lipinski definition) is 5. The zero-order valence-electron chi connectivity index (χ0n) is 10.5. The highest BCUT2D eigenvalue weighted by molar-refractivity contribution is 5.59. The summed E-state index contributed by atoms with van der Waals surface area (Å²) in [6, 6.07) is 0. The van der Waals surface area contributed by atoms with Crippen LogP contribution in [0.5, 0.6) is 0 Å². The summed E-state index contributed by atoms with van der Waals surface area (Å²) in [4.78, 5) is 10.5. The van der Waals surface area contributed by atoms with E-state index in [0.29, 0.717) is 18.1 Å². The van der Waals surface area contributed by atoms with Gasteiger partial charge in [0, 0.05) is 25.6 Å². The highest BCUT2D eigenvalue weighted by Crippen LogP contribution is 2.28. The van der Waals surface area contributed by atoms with Crippen LogP contribution in [0.1, 0.15) is 19.5 Å². The first-order chi connectivity index (χ1) is 7.78. The number of aryl methyl sites for hydroxylation is 2. The number of aliphatic hydroxyl groups is 1. The fourth-order valence-electron chi connectivity index (χ4n) is 1.44. The lowest BCUT2D eigenvalue weighted by Crippen LogP contribution is -2.27. The predicted octanol–water partition coefficient (Wildman–Crippen LogP) is 1.07. The van der Waals surface area contributed by atoms with Crippen molar-refractivity contribution in [2.75, 3.05) is 18.5 Å². The van der Waals surface area contributed by atoms with Crippen LogP contribution in [-0.4, -0.2) is 33.0 Å². The number of nitrogens with one attached hydrogen (secondary N) is 1. The van der Waals surface area contributed by atoms with E-state index in [2.05, 4.69) is 10.4 Å². The summed E-state index contributed by atoms with van der Waals surface area (Å²) in [7, 11) is 1.65. The van der Waals surface area contributed by atoms with E-state index in [1.54, 1.807) is 14.0 Å². The van der Waals surface area contributed by atoms with Gasteiger partial charge in [-0.1, -0.05) is 13.8 Å². The van der Waals surface area contributed by atoms with E-state index in [-0.39, 0.29) is 17.7 Å². The zero-order chi connectivity index (χ0) is 13.2. The average molecular weight is 242 g/mol. The lowest BCUT2D eigenvalue weighted by atomic mass is 9.95. The predicted molar refractivity (Wildman–Crippen MR) is 64.0 cm³/mol. The molecule has 1 rings (SSSR count). The lowest BCUT2D eigenvalue weighted by Gasteiger charge is -2.22. The van der Waals surface area contributed by atoms with Crippen molar-refractivity contribution in [2.24, 2.45) is 12.5 Å². The van der Waals surface area contributed by atoms with Crippen LogP contribution >= 0.6 is 0 Å². The highest BCUT2D eigenvalue weighted by atomic mass is 16.6. The Bertz CT molecular complexity index is 425. The number of anilines is 1. The van der Waals surface area contributed by atoms with Crippen LogP contribution < -0.4 is 5.32 Å². The van der Waals surface area contributed by atoms with Gasteiger partial charge in [-0.3, -0.25) is 10.1 Å². The Labute approximate surface area is 99.6 Å². The van der Waals surface area contributed by atoms with Crippen molar-refractivity contribution >= 4 is 11.5 Å². The first-order valence-electron chi connectivity index (χ1n) is 5.31. The number of aromatic nitrogens is 2. The Morgan fingerprint density at radius 3 is 2.65 bits per heavy atom. The number of hydrogen-bond donors (Lipinski definition) is 2. The Hall–Kier alpha value is -1.63. The monoisotopic (exact) mass is 242 g/mol. The maximum Gasteiger partial charge on any atom is 0.333 e. The third-order valence-corrected chi connectivity index (χ3v) is 2.54. The van der Waals surface area contributed by atoms with Crippen molar-refractivity contribution in [3.8, 4) is 0 Å². The second kappa shape index (κ2) is 4.70. The molecule has 96 valence electrons. The molecule has 0 unspecified atom stereocenters. The van der Waals surface area contributed by atoms with E-state index in [4.69, 9.17) is 5.11 Å². The molecule has 1 aromatic rings. The molecule has 0 aliphatic heterocycles. The number of rotatable bonds is 5. The van der Waals surface area contributed by atoms with Crippen LogP contribution in [-0.2, 0) is 7.05 Å². The maximum atomic E-state index is 10.9. The summed E-state index contributed by atoms with van der Waals surface area (Å²) in [6.45, 7) is 5.78. The summed E-state index contributed by atoms with van der Waals surface area (Å²) < 4.78 is 1.45. The molecule has 17 heavy (non-hydrogen) atoms. The summed E-state index contributed by atoms with van der Waals surface area (Å²) in [6.07, 6.45) is 0. The minimum atomic E-state index is -0.448. The molecule has 0 aliphatic rings. The molecule has 7 heteroatoms. The third kappa shape index (κ3) is 2.94. The van der Waals surface area contributed by atoms with Gasteiger partial charge < -0.3 is 10.4 Å². The Morgan fingerprint density at radius 2 is 2.18 bits per heavy atom. The minimum Gasteiger partial charge on any atom is -0.396 e. The van der Waals surface area contributed by atoms with E-state index < -0.39 is 4.92 Å². The first kappa shape index (κ1) is 13.4. The van der Waals surface area contributed by atoms with Crippen LogP contribution in [0.3, 0.4) is 0 Å². The molecule has 2 N–H and O–H groups in total. The van der Waals surface area contributed by atoms with Gasteiger partial charge in [0.2, 0.25) is 5.82 Å². The van der Waals surface area contributed by atoms with Gasteiger partial charge in [-0.25, -0.2) is 4.68 Å². The molecule has 1 aromatic heterocycles. The third-order valence-electron chi connectivity index (χ3n) is 2.54. The second-order valence-corrected chi connectivity index (χ2v) is 4.84. The molecule has 0 bridgehead atoms. The largest absolute Gasteiger partial charge is 0.396 e. The van der Waals surface area contributed by atoms with Crippen LogP contribution in [0.15, 0.2) is 0 Å². The number of nitro groups is 1. The van der Waals surface area contributed by atoms with E-state index in [1.165, 1.54) is 4.68 Å². The molecule has 0 saturated heterocycles. The van der Waals surface area contributed by atoms with Crippen LogP contribution in [0.2, 0.25) is 0 Å². The van der Waals surface area contributed by atoms with Gasteiger partial charge in [0.25, 0.3) is 0 Å². The summed E-state index contributed by atoms with van der Waals surface area (Å²) >= 11 is 0. The Balaban J connectivity index is 2.95. The average Bonchev–Trinajstić information content (AvgIpc) is 2.50. The second-order valence-electron chi connectivity index (χ2n) is 4.84. The van der Waals surface area contributed by atoms with E-state index >= 15 is 0 Å². The van der Waals surface area contributed by atoms with Crippen molar-refractivity contribution in [2.45, 2.75) is 20.8 Å². The van der Waals surface area contributed by atoms with Crippen LogP contribution in [0, 0.1) is 22.5 Å². The molecular formula is C10H18N4O3. The molecule has 0 aliphatic carbocycles. The first-order valence-corrected chi connectivity index (χ1v) is 5.31. The fourth-order valence-corrected chi connectivity index (χ4v) is 1.44. The Morgan fingerprint density at radius 1 is 1.59 bits per heavy atom. The standard InChI is InChI=1S/C10H18N4O3/c1-7-8(14(16)17)9(13(4)12-7)11-5-10(2,3)6-15/h11,15H,5-6H2,1-4H3. The number of nitrogens with zero attached hydrogens (tertiary/aromatic N) is 3. The molecule has 0 saturated carbocycles. The minimum absolute atomic E-state index is 0.00459. The quantitative estimate of drug-likeness (QED) is 0.595. The zero-order valence-corrected chi connectivity index (χ0v) is 10.5. The van der Waals surface area contributed by atoms with Gasteiger partial charge in [-0.2, -0.15) is 5.10 Å². The summed E-state index contributed by atoms with van der Waals surface area (Å²) in [5, 5.41) is 27.0. The summed E-state index contributed by atoms with van der Waals surface area (Å²) in [5.74, 6) is 0.369. The van der Waals surface area contributed by atoms with Gasteiger partial charge in [0.1, 0.15) is 5.69 Å². The lowest BCUT2D eigenvalue weighted by molar-refractivity contribution is -0.384. The molecule has 0 atom stereocenters. The van der Waals surface area contributed by atoms with Crippen molar-refractivity contribution in [3.05, 3.63) is 15.8 Å². The van der Waals surface area contributed by atoms with E-state index in [9.17, 15) is 10.1 Å². The van der Waals surface area contributed by atoms with Crippen molar-refractivity contribution in [3.63, 3.8) is 0 Å². The van der Waals surface area contributed by atoms with Gasteiger partial charge in [-0.05, 0) is 6.92 Å². The van der Waals surface area contributed by atoms with Crippen molar-refractivity contribution < 1.29 is 10.0 Å². The smallest absolute Gasteiger partial charge is 0.333 e. The highest BCUT2D eigenvalue weighted by Gasteiger charge is 2.25. The molecule has 0 radical (unpaired) electrons. The van der Waals surface area contributed by atoms with E-state index in [1.807, 2.05) is 13.8 Å². The summed E-state index contributed by atoms with van der Waals surface area (Å²) in [5.41, 5.74) is 0.0227. The van der Waals surface area contributed by atoms with Gasteiger partial charge in [0.15, 0.2) is 0 Å². The SMILES string of the molecule is Cc1nn(C)c(NCC(C)(C)CO)c1[N+](=O)[O-]. The normalized spacial score (nSPS) is 11.6. The molecule has 7 nitrogen and oxygen atoms in total. The van der Waals surface area contributed by atoms with Gasteiger partial charge in [0.05, 0.1) is 4.92 Å². The van der Waals surface area contributed by atoms with Crippen LogP contribution in [0.25, 0.3) is 0 Å². The maximum absolute atomic E-state index is 10.9. The van der Waals surface area contributed by atoms with Gasteiger partial charge in [-0.15, -0.1) is 0 Å². The molecular weight excluding hydrogens is 224 g/mol. The molecule has 0 spiro atoms.